The molecule has 4 aromatic rings. The number of para-hydroxylation sites is 2. The third kappa shape index (κ3) is 3.22. The Morgan fingerprint density at radius 3 is 2.32 bits per heavy atom. The van der Waals surface area contributed by atoms with E-state index in [1.54, 1.807) is 48.5 Å². The average molecular weight is 425 g/mol. The molecule has 2 amide bonds. The third-order valence-corrected chi connectivity index (χ3v) is 5.73. The van der Waals surface area contributed by atoms with Gasteiger partial charge in [-0.25, -0.2) is 9.88 Å². The molecule has 0 atom stereocenters. The summed E-state index contributed by atoms with van der Waals surface area (Å²) in [7, 11) is 0. The van der Waals surface area contributed by atoms with E-state index >= 15 is 0 Å². The van der Waals surface area contributed by atoms with Crippen molar-refractivity contribution in [3.05, 3.63) is 106 Å². The van der Waals surface area contributed by atoms with E-state index in [0.717, 1.165) is 16.5 Å². The van der Waals surface area contributed by atoms with E-state index < -0.39 is 5.91 Å². The second-order valence-electron chi connectivity index (χ2n) is 7.40. The number of anilines is 1. The lowest BCUT2D eigenvalue weighted by Gasteiger charge is -2.28. The first-order chi connectivity index (χ1) is 15.0. The highest BCUT2D eigenvalue weighted by molar-refractivity contribution is 6.43. The van der Waals surface area contributed by atoms with E-state index in [9.17, 15) is 9.59 Å². The molecule has 1 aliphatic rings. The molecule has 0 bridgehead atoms. The minimum absolute atomic E-state index is 0.308. The fourth-order valence-electron chi connectivity index (χ4n) is 3.90. The number of pyridine rings is 1. The molecule has 31 heavy (non-hydrogen) atoms. The Bertz CT molecular complexity index is 1390. The van der Waals surface area contributed by atoms with Gasteiger partial charge >= 0.3 is 0 Å². The number of aromatic nitrogens is 1. The number of fused-ring (bicyclic) bond motifs is 2. The van der Waals surface area contributed by atoms with Crippen molar-refractivity contribution in [1.82, 2.24) is 4.98 Å². The third-order valence-electron chi connectivity index (χ3n) is 5.43. The van der Waals surface area contributed by atoms with Crippen LogP contribution in [0.2, 0.25) is 5.15 Å². The highest BCUT2D eigenvalue weighted by atomic mass is 35.5. The Morgan fingerprint density at radius 1 is 0.839 bits per heavy atom. The van der Waals surface area contributed by atoms with Crippen LogP contribution in [-0.2, 0) is 4.79 Å². The number of amides is 2. The van der Waals surface area contributed by atoms with E-state index in [2.05, 4.69) is 4.98 Å². The Morgan fingerprint density at radius 2 is 1.55 bits per heavy atom. The van der Waals surface area contributed by atoms with Gasteiger partial charge in [0.1, 0.15) is 5.15 Å². The molecule has 2 heterocycles. The smallest absolute Gasteiger partial charge is 0.265 e. The molecule has 5 rings (SSSR count). The lowest BCUT2D eigenvalue weighted by atomic mass is 9.91. The molecule has 1 aromatic heterocycles. The first-order valence-corrected chi connectivity index (χ1v) is 10.2. The summed E-state index contributed by atoms with van der Waals surface area (Å²) in [4.78, 5) is 32.4. The number of imide groups is 1. The van der Waals surface area contributed by atoms with Crippen LogP contribution in [0.1, 0.15) is 27.0 Å². The first-order valence-electron chi connectivity index (χ1n) is 9.85. The molecule has 1 aliphatic heterocycles. The molecule has 0 N–H and O–H groups in total. The molecule has 150 valence electrons. The summed E-state index contributed by atoms with van der Waals surface area (Å²) in [6.07, 6.45) is 1.72. The largest absolute Gasteiger partial charge is 0.268 e. The Kier molecular flexibility index (Phi) is 4.64. The zero-order chi connectivity index (χ0) is 21.5. The molecule has 5 heteroatoms. The van der Waals surface area contributed by atoms with Crippen molar-refractivity contribution in [2.24, 2.45) is 0 Å². The van der Waals surface area contributed by atoms with Crippen LogP contribution >= 0.6 is 11.6 Å². The topological polar surface area (TPSA) is 50.3 Å². The van der Waals surface area contributed by atoms with Crippen molar-refractivity contribution in [3.8, 4) is 0 Å². The summed E-state index contributed by atoms with van der Waals surface area (Å²) < 4.78 is 0. The van der Waals surface area contributed by atoms with Crippen LogP contribution in [0.4, 0.5) is 5.69 Å². The molecule has 4 nitrogen and oxygen atoms in total. The number of nitrogens with zero attached hydrogens (tertiary/aromatic N) is 2. The van der Waals surface area contributed by atoms with Crippen molar-refractivity contribution in [2.45, 2.75) is 6.92 Å². The number of carbonyl (C=O) groups excluding carboxylic acids is 2. The lowest BCUT2D eigenvalue weighted by molar-refractivity contribution is -0.112. The van der Waals surface area contributed by atoms with Crippen molar-refractivity contribution in [3.63, 3.8) is 0 Å². The van der Waals surface area contributed by atoms with Gasteiger partial charge in [0.15, 0.2) is 0 Å². The van der Waals surface area contributed by atoms with Crippen LogP contribution in [-0.4, -0.2) is 16.8 Å². The van der Waals surface area contributed by atoms with Crippen molar-refractivity contribution in [2.75, 3.05) is 4.90 Å². The number of rotatable bonds is 2. The Balaban J connectivity index is 1.72. The fourth-order valence-corrected chi connectivity index (χ4v) is 4.09. The SMILES string of the molecule is Cc1cccc2cc(/C=C3\C(=O)N(c4ccccc4)C(=O)c4ccccc43)c(Cl)nc12. The predicted molar refractivity (Wildman–Crippen MR) is 124 cm³/mol. The summed E-state index contributed by atoms with van der Waals surface area (Å²) in [5.41, 5.74) is 4.46. The number of hydrogen-bond acceptors (Lipinski definition) is 3. The van der Waals surface area contributed by atoms with E-state index in [1.807, 2.05) is 43.3 Å². The van der Waals surface area contributed by atoms with Crippen LogP contribution < -0.4 is 4.90 Å². The maximum absolute atomic E-state index is 13.5. The zero-order valence-corrected chi connectivity index (χ0v) is 17.4. The van der Waals surface area contributed by atoms with Gasteiger partial charge in [-0.3, -0.25) is 9.59 Å². The number of hydrogen-bond donors (Lipinski definition) is 0. The van der Waals surface area contributed by atoms with Gasteiger partial charge in [-0.15, -0.1) is 0 Å². The second kappa shape index (κ2) is 7.49. The maximum atomic E-state index is 13.5. The molecular weight excluding hydrogens is 408 g/mol. The number of carbonyl (C=O) groups is 2. The van der Waals surface area contributed by atoms with Crippen molar-refractivity contribution >= 4 is 51.7 Å². The lowest BCUT2D eigenvalue weighted by Crippen LogP contribution is -2.41. The molecule has 0 radical (unpaired) electrons. The second-order valence-corrected chi connectivity index (χ2v) is 7.76. The van der Waals surface area contributed by atoms with Crippen LogP contribution in [0.15, 0.2) is 78.9 Å². The standard InChI is InChI=1S/C26H17ClN2O2/c1-16-8-7-9-17-14-18(24(27)28-23(16)17)15-22-20-12-5-6-13-21(20)25(30)29(26(22)31)19-10-3-2-4-11-19/h2-15H,1H3/b22-15-. The van der Waals surface area contributed by atoms with Crippen LogP contribution in [0.3, 0.4) is 0 Å². The zero-order valence-electron chi connectivity index (χ0n) is 16.7. The number of benzene rings is 3. The molecular formula is C26H17ClN2O2. The molecule has 0 saturated heterocycles. The first kappa shape index (κ1) is 19.2. The van der Waals surface area contributed by atoms with Gasteiger partial charge in [0.2, 0.25) is 0 Å². The molecule has 0 spiro atoms. The number of halogens is 1. The van der Waals surface area contributed by atoms with Crippen molar-refractivity contribution in [1.29, 1.82) is 0 Å². The van der Waals surface area contributed by atoms with E-state index in [0.29, 0.717) is 33.1 Å². The van der Waals surface area contributed by atoms with Gasteiger partial charge in [0.25, 0.3) is 11.8 Å². The number of aryl methyl sites for hydroxylation is 1. The monoisotopic (exact) mass is 424 g/mol. The maximum Gasteiger partial charge on any atom is 0.265 e. The molecule has 0 saturated carbocycles. The normalized spacial score (nSPS) is 14.9. The quantitative estimate of drug-likeness (QED) is 0.228. The molecule has 3 aromatic carbocycles. The summed E-state index contributed by atoms with van der Waals surface area (Å²) in [6, 6.07) is 23.9. The summed E-state index contributed by atoms with van der Waals surface area (Å²) in [6.45, 7) is 1.98. The van der Waals surface area contributed by atoms with Gasteiger partial charge in [0, 0.05) is 22.1 Å². The fraction of sp³-hybridized carbons (Fsp3) is 0.0385. The van der Waals surface area contributed by atoms with Crippen molar-refractivity contribution < 1.29 is 9.59 Å². The van der Waals surface area contributed by atoms with Gasteiger partial charge in [-0.2, -0.15) is 0 Å². The minimum atomic E-state index is -0.393. The summed E-state index contributed by atoms with van der Waals surface area (Å²) >= 11 is 6.50. The highest BCUT2D eigenvalue weighted by Gasteiger charge is 2.35. The van der Waals surface area contributed by atoms with Gasteiger partial charge < -0.3 is 0 Å². The van der Waals surface area contributed by atoms with E-state index in [1.165, 1.54) is 4.90 Å². The van der Waals surface area contributed by atoms with Gasteiger partial charge in [-0.05, 0) is 48.4 Å². The minimum Gasteiger partial charge on any atom is -0.268 e. The summed E-state index contributed by atoms with van der Waals surface area (Å²) in [5.74, 6) is -0.738. The Labute approximate surface area is 184 Å². The van der Waals surface area contributed by atoms with Gasteiger partial charge in [0.05, 0.1) is 11.2 Å². The predicted octanol–water partition coefficient (Wildman–Crippen LogP) is 5.92. The van der Waals surface area contributed by atoms with Crippen LogP contribution in [0.5, 0.6) is 0 Å². The molecule has 0 unspecified atom stereocenters. The Hall–Kier alpha value is -3.76. The van der Waals surface area contributed by atoms with E-state index in [4.69, 9.17) is 11.6 Å². The van der Waals surface area contributed by atoms with Crippen LogP contribution in [0, 0.1) is 6.92 Å². The highest BCUT2D eigenvalue weighted by Crippen LogP contribution is 2.34. The van der Waals surface area contributed by atoms with Gasteiger partial charge in [-0.1, -0.05) is 66.2 Å². The van der Waals surface area contributed by atoms with E-state index in [-0.39, 0.29) is 5.91 Å². The average Bonchev–Trinajstić information content (AvgIpc) is 2.78. The molecule has 0 aliphatic carbocycles. The van der Waals surface area contributed by atoms with Crippen LogP contribution in [0.25, 0.3) is 22.6 Å². The molecule has 0 fully saturated rings. The summed E-state index contributed by atoms with van der Waals surface area (Å²) in [5, 5.41) is 1.24.